The van der Waals surface area contributed by atoms with E-state index < -0.39 is 6.17 Å². The molecule has 3 heteroatoms. The van der Waals surface area contributed by atoms with Gasteiger partial charge in [0.15, 0.2) is 0 Å². The topological polar surface area (TPSA) is 26.3 Å². The highest BCUT2D eigenvalue weighted by atomic mass is 19.1. The van der Waals surface area contributed by atoms with Crippen LogP contribution in [0.15, 0.2) is 0 Å². The zero-order valence-electron chi connectivity index (χ0n) is 9.84. The number of halogens is 1. The number of carbonyl (C=O) groups is 1. The number of rotatable bonds is 1. The predicted octanol–water partition coefficient (Wildman–Crippen LogP) is 2.71. The van der Waals surface area contributed by atoms with Gasteiger partial charge >= 0.3 is 5.97 Å². The molecule has 0 aromatic heterocycles. The molecule has 2 saturated carbocycles. The van der Waals surface area contributed by atoms with Crippen LogP contribution in [0.25, 0.3) is 0 Å². The second-order valence-corrected chi connectivity index (χ2v) is 5.80. The Hall–Kier alpha value is -0.600. The minimum absolute atomic E-state index is 0.0480. The fourth-order valence-electron chi connectivity index (χ4n) is 3.54. The summed E-state index contributed by atoms with van der Waals surface area (Å²) in [6, 6.07) is 0. The number of fused-ring (bicyclic) bond motifs is 2. The summed E-state index contributed by atoms with van der Waals surface area (Å²) in [5.74, 6) is -0.202. The van der Waals surface area contributed by atoms with Crippen molar-refractivity contribution in [3.05, 3.63) is 0 Å². The minimum Gasteiger partial charge on any atom is -0.462 e. The van der Waals surface area contributed by atoms with Crippen molar-refractivity contribution in [3.63, 3.8) is 0 Å². The normalized spacial score (nSPS) is 46.9. The molecule has 0 amide bonds. The SMILES string of the molecule is CC(=O)O[C@@H]1C[C@@H]2[C@@H](F)CC1(C)C2(C)C. The van der Waals surface area contributed by atoms with E-state index in [9.17, 15) is 9.18 Å². The third-order valence-electron chi connectivity index (χ3n) is 4.94. The summed E-state index contributed by atoms with van der Waals surface area (Å²) >= 11 is 0. The molecule has 0 aromatic carbocycles. The van der Waals surface area contributed by atoms with Crippen LogP contribution in [0, 0.1) is 16.7 Å². The molecule has 2 aliphatic rings. The maximum atomic E-state index is 13.7. The lowest BCUT2D eigenvalue weighted by atomic mass is 9.70. The highest BCUT2D eigenvalue weighted by Crippen LogP contribution is 2.66. The Kier molecular flexibility index (Phi) is 2.15. The molecular weight excluding hydrogens is 195 g/mol. The van der Waals surface area contributed by atoms with Crippen LogP contribution in [-0.4, -0.2) is 18.2 Å². The van der Waals surface area contributed by atoms with Crippen molar-refractivity contribution in [3.8, 4) is 0 Å². The van der Waals surface area contributed by atoms with Gasteiger partial charge in [0.1, 0.15) is 12.3 Å². The molecule has 2 fully saturated rings. The minimum atomic E-state index is -0.725. The van der Waals surface area contributed by atoms with Crippen molar-refractivity contribution >= 4 is 5.97 Å². The Bertz CT molecular complexity index is 300. The average molecular weight is 214 g/mol. The van der Waals surface area contributed by atoms with Gasteiger partial charge < -0.3 is 4.74 Å². The second-order valence-electron chi connectivity index (χ2n) is 5.80. The van der Waals surface area contributed by atoms with Gasteiger partial charge in [-0.25, -0.2) is 4.39 Å². The van der Waals surface area contributed by atoms with Crippen LogP contribution in [0.1, 0.15) is 40.5 Å². The molecule has 0 aromatic rings. The molecular formula is C12H19FO2. The molecule has 2 aliphatic carbocycles. The molecule has 0 aliphatic heterocycles. The maximum Gasteiger partial charge on any atom is 0.302 e. The molecule has 0 spiro atoms. The summed E-state index contributed by atoms with van der Waals surface area (Å²) in [6.45, 7) is 7.68. The third-order valence-corrected chi connectivity index (χ3v) is 4.94. The van der Waals surface area contributed by atoms with Gasteiger partial charge in [-0.1, -0.05) is 20.8 Å². The molecule has 1 unspecified atom stereocenters. The van der Waals surface area contributed by atoms with E-state index in [1.807, 2.05) is 0 Å². The largest absolute Gasteiger partial charge is 0.462 e. The monoisotopic (exact) mass is 214 g/mol. The molecule has 2 bridgehead atoms. The fourth-order valence-corrected chi connectivity index (χ4v) is 3.54. The molecule has 0 N–H and O–H groups in total. The fraction of sp³-hybridized carbons (Fsp3) is 0.917. The van der Waals surface area contributed by atoms with Crippen LogP contribution in [0.2, 0.25) is 0 Å². The molecule has 4 atom stereocenters. The van der Waals surface area contributed by atoms with E-state index in [1.54, 1.807) is 0 Å². The van der Waals surface area contributed by atoms with E-state index in [0.717, 1.165) is 0 Å². The zero-order valence-corrected chi connectivity index (χ0v) is 9.84. The summed E-state index contributed by atoms with van der Waals surface area (Å²) in [7, 11) is 0. The Labute approximate surface area is 90.2 Å². The summed E-state index contributed by atoms with van der Waals surface area (Å²) in [6.07, 6.45) is 0.395. The second kappa shape index (κ2) is 2.96. The van der Waals surface area contributed by atoms with Gasteiger partial charge in [-0.3, -0.25) is 4.79 Å². The highest BCUT2D eigenvalue weighted by Gasteiger charge is 2.67. The summed E-state index contributed by atoms with van der Waals surface area (Å²) < 4.78 is 19.1. The van der Waals surface area contributed by atoms with E-state index in [1.165, 1.54) is 6.92 Å². The van der Waals surface area contributed by atoms with Crippen molar-refractivity contribution in [2.45, 2.75) is 52.8 Å². The Morgan fingerprint density at radius 2 is 2.00 bits per heavy atom. The Balaban J connectivity index is 2.27. The summed E-state index contributed by atoms with van der Waals surface area (Å²) in [5.41, 5.74) is -0.255. The maximum absolute atomic E-state index is 13.7. The highest BCUT2D eigenvalue weighted by molar-refractivity contribution is 5.66. The first-order valence-corrected chi connectivity index (χ1v) is 5.60. The predicted molar refractivity (Wildman–Crippen MR) is 55.1 cm³/mol. The summed E-state index contributed by atoms with van der Waals surface area (Å²) in [4.78, 5) is 11.0. The van der Waals surface area contributed by atoms with Gasteiger partial charge in [0.25, 0.3) is 0 Å². The molecule has 0 saturated heterocycles. The van der Waals surface area contributed by atoms with Crippen molar-refractivity contribution in [1.82, 2.24) is 0 Å². The van der Waals surface area contributed by atoms with Crippen LogP contribution in [-0.2, 0) is 9.53 Å². The Morgan fingerprint density at radius 3 is 2.33 bits per heavy atom. The van der Waals surface area contributed by atoms with Gasteiger partial charge in [-0.2, -0.15) is 0 Å². The molecule has 86 valence electrons. The standard InChI is InChI=1S/C12H19FO2/c1-7(14)15-10-5-8-9(13)6-12(10,4)11(8,2)3/h8-10H,5-6H2,1-4H3/t8-,9+,10-,12?/m1/s1. The van der Waals surface area contributed by atoms with Crippen LogP contribution in [0.3, 0.4) is 0 Å². The number of hydrogen-bond acceptors (Lipinski definition) is 2. The smallest absolute Gasteiger partial charge is 0.302 e. The summed E-state index contributed by atoms with van der Waals surface area (Å²) in [5, 5.41) is 0. The van der Waals surface area contributed by atoms with Crippen molar-refractivity contribution in [1.29, 1.82) is 0 Å². The number of ether oxygens (including phenoxy) is 1. The van der Waals surface area contributed by atoms with Gasteiger partial charge in [0, 0.05) is 12.3 Å². The molecule has 0 heterocycles. The first-order valence-electron chi connectivity index (χ1n) is 5.60. The van der Waals surface area contributed by atoms with Crippen LogP contribution in [0.5, 0.6) is 0 Å². The van der Waals surface area contributed by atoms with Crippen molar-refractivity contribution in [2.75, 3.05) is 0 Å². The lowest BCUT2D eigenvalue weighted by Gasteiger charge is -2.37. The van der Waals surface area contributed by atoms with E-state index in [0.29, 0.717) is 12.8 Å². The first-order chi connectivity index (χ1) is 6.79. The van der Waals surface area contributed by atoms with E-state index in [-0.39, 0.29) is 28.8 Å². The average Bonchev–Trinajstić information content (AvgIpc) is 2.33. The number of alkyl halides is 1. The van der Waals surface area contributed by atoms with Crippen LogP contribution in [0.4, 0.5) is 4.39 Å². The molecule has 2 rings (SSSR count). The van der Waals surface area contributed by atoms with Crippen LogP contribution >= 0.6 is 0 Å². The van der Waals surface area contributed by atoms with Gasteiger partial charge in [0.05, 0.1) is 0 Å². The van der Waals surface area contributed by atoms with E-state index in [2.05, 4.69) is 20.8 Å². The van der Waals surface area contributed by atoms with E-state index >= 15 is 0 Å². The lowest BCUT2D eigenvalue weighted by Crippen LogP contribution is -2.38. The van der Waals surface area contributed by atoms with Gasteiger partial charge in [0.2, 0.25) is 0 Å². The molecule has 15 heavy (non-hydrogen) atoms. The van der Waals surface area contributed by atoms with Gasteiger partial charge in [-0.05, 0) is 24.2 Å². The molecule has 2 nitrogen and oxygen atoms in total. The Morgan fingerprint density at radius 1 is 1.40 bits per heavy atom. The van der Waals surface area contributed by atoms with Crippen molar-refractivity contribution < 1.29 is 13.9 Å². The number of carbonyl (C=O) groups excluding carboxylic acids is 1. The van der Waals surface area contributed by atoms with Gasteiger partial charge in [-0.15, -0.1) is 0 Å². The quantitative estimate of drug-likeness (QED) is 0.627. The number of hydrogen-bond donors (Lipinski definition) is 0. The third kappa shape index (κ3) is 1.25. The first kappa shape index (κ1) is 10.9. The number of esters is 1. The van der Waals surface area contributed by atoms with E-state index in [4.69, 9.17) is 4.74 Å². The van der Waals surface area contributed by atoms with Crippen molar-refractivity contribution in [2.24, 2.45) is 16.7 Å². The van der Waals surface area contributed by atoms with Crippen LogP contribution < -0.4 is 0 Å². The zero-order chi connectivity index (χ0) is 11.4. The lowest BCUT2D eigenvalue weighted by molar-refractivity contribution is -0.154. The molecule has 0 radical (unpaired) electrons.